The summed E-state index contributed by atoms with van der Waals surface area (Å²) in [5.41, 5.74) is 8.48. The highest BCUT2D eigenvalue weighted by Crippen LogP contribution is 2.22. The molecular weight excluding hydrogens is 346 g/mol. The lowest BCUT2D eigenvalue weighted by Crippen LogP contribution is -2.24. The molecule has 0 unspecified atom stereocenters. The van der Waals surface area contributed by atoms with Crippen molar-refractivity contribution in [1.82, 2.24) is 19.9 Å². The maximum atomic E-state index is 12.3. The van der Waals surface area contributed by atoms with Crippen LogP contribution in [0.1, 0.15) is 40.9 Å². The number of pyridine rings is 1. The summed E-state index contributed by atoms with van der Waals surface area (Å²) in [7, 11) is 0. The fraction of sp³-hybridized carbons (Fsp3) is 0.312. The third kappa shape index (κ3) is 3.75. The molecule has 3 N–H and O–H groups in total. The van der Waals surface area contributed by atoms with E-state index in [2.05, 4.69) is 15.4 Å². The number of carbonyl (C=O) groups is 1. The van der Waals surface area contributed by atoms with E-state index in [0.717, 1.165) is 16.1 Å². The molecule has 0 aromatic carbocycles. The highest BCUT2D eigenvalue weighted by atomic mass is 35.5. The summed E-state index contributed by atoms with van der Waals surface area (Å²) in [6.07, 6.45) is 3.61. The average Bonchev–Trinajstić information content (AvgIpc) is 3.20. The molecule has 24 heavy (non-hydrogen) atoms. The third-order valence-electron chi connectivity index (χ3n) is 3.72. The Morgan fingerprint density at radius 2 is 2.21 bits per heavy atom. The van der Waals surface area contributed by atoms with Gasteiger partial charge in [-0.05, 0) is 23.6 Å². The van der Waals surface area contributed by atoms with Gasteiger partial charge in [0.15, 0.2) is 0 Å². The van der Waals surface area contributed by atoms with Gasteiger partial charge in [0.05, 0.1) is 11.6 Å². The fourth-order valence-corrected chi connectivity index (χ4v) is 3.23. The number of hydrogen-bond donors (Lipinski definition) is 2. The minimum absolute atomic E-state index is 0. The summed E-state index contributed by atoms with van der Waals surface area (Å²) < 4.78 is 1.78. The predicted molar refractivity (Wildman–Crippen MR) is 97.5 cm³/mol. The maximum Gasteiger partial charge on any atom is 0.271 e. The summed E-state index contributed by atoms with van der Waals surface area (Å²) in [5, 5.41) is 9.64. The molecule has 1 amide bonds. The van der Waals surface area contributed by atoms with Crippen molar-refractivity contribution in [2.45, 2.75) is 26.4 Å². The second-order valence-corrected chi connectivity index (χ2v) is 6.61. The van der Waals surface area contributed by atoms with Gasteiger partial charge in [0.25, 0.3) is 5.91 Å². The van der Waals surface area contributed by atoms with Crippen molar-refractivity contribution in [1.29, 1.82) is 0 Å². The number of halogens is 1. The van der Waals surface area contributed by atoms with Gasteiger partial charge in [-0.2, -0.15) is 5.10 Å². The third-order valence-corrected chi connectivity index (χ3v) is 4.67. The predicted octanol–water partition coefficient (Wildman–Crippen LogP) is 2.80. The Morgan fingerprint density at radius 1 is 1.42 bits per heavy atom. The molecule has 0 aliphatic rings. The Labute approximate surface area is 150 Å². The minimum atomic E-state index is -0.190. The molecule has 0 aliphatic carbocycles. The van der Waals surface area contributed by atoms with Crippen LogP contribution < -0.4 is 11.1 Å². The number of thiazole rings is 1. The van der Waals surface area contributed by atoms with Crippen molar-refractivity contribution < 1.29 is 4.79 Å². The zero-order valence-corrected chi connectivity index (χ0v) is 15.1. The number of hydrogen-bond acceptors (Lipinski definition) is 5. The van der Waals surface area contributed by atoms with Crippen LogP contribution in [0.5, 0.6) is 0 Å². The number of fused-ring (bicyclic) bond motifs is 1. The Morgan fingerprint density at radius 3 is 2.96 bits per heavy atom. The summed E-state index contributed by atoms with van der Waals surface area (Å²) >= 11 is 1.43. The van der Waals surface area contributed by atoms with Crippen molar-refractivity contribution in [3.63, 3.8) is 0 Å². The summed E-state index contributed by atoms with van der Waals surface area (Å²) in [5.74, 6) is 0.0986. The molecule has 3 aromatic rings. The van der Waals surface area contributed by atoms with E-state index in [9.17, 15) is 4.79 Å². The van der Waals surface area contributed by atoms with E-state index in [-0.39, 0.29) is 30.3 Å². The van der Waals surface area contributed by atoms with E-state index in [0.29, 0.717) is 12.2 Å². The largest absolute Gasteiger partial charge is 0.347 e. The van der Waals surface area contributed by atoms with E-state index in [1.165, 1.54) is 11.3 Å². The number of aromatic nitrogens is 3. The summed E-state index contributed by atoms with van der Waals surface area (Å²) in [6, 6.07) is 5.66. The van der Waals surface area contributed by atoms with E-state index in [1.807, 2.05) is 38.2 Å². The molecule has 128 valence electrons. The van der Waals surface area contributed by atoms with Gasteiger partial charge in [-0.15, -0.1) is 23.7 Å². The Bertz CT molecular complexity index is 829. The van der Waals surface area contributed by atoms with Gasteiger partial charge in [-0.1, -0.05) is 19.9 Å². The van der Waals surface area contributed by atoms with Gasteiger partial charge >= 0.3 is 0 Å². The van der Waals surface area contributed by atoms with E-state index in [1.54, 1.807) is 16.1 Å². The number of nitrogens with zero attached hydrogens (tertiary/aromatic N) is 3. The van der Waals surface area contributed by atoms with Crippen LogP contribution in [-0.2, 0) is 6.54 Å². The molecule has 3 rings (SSSR count). The smallest absolute Gasteiger partial charge is 0.271 e. The lowest BCUT2D eigenvalue weighted by molar-refractivity contribution is 0.0946. The van der Waals surface area contributed by atoms with Crippen molar-refractivity contribution in [3.05, 3.63) is 52.2 Å². The number of nitrogens with one attached hydrogen (secondary N) is 1. The molecule has 6 nitrogen and oxygen atoms in total. The van der Waals surface area contributed by atoms with Crippen molar-refractivity contribution in [2.75, 3.05) is 0 Å². The molecule has 0 fully saturated rings. The van der Waals surface area contributed by atoms with Crippen molar-refractivity contribution in [2.24, 2.45) is 11.7 Å². The van der Waals surface area contributed by atoms with E-state index < -0.39 is 0 Å². The van der Waals surface area contributed by atoms with E-state index in [4.69, 9.17) is 5.73 Å². The van der Waals surface area contributed by atoms with Crippen LogP contribution in [-0.4, -0.2) is 20.5 Å². The molecule has 3 heterocycles. The Balaban J connectivity index is 0.00000208. The monoisotopic (exact) mass is 365 g/mol. The SMILES string of the molecule is CC(C)[C@H](N)c1nc(C(=O)NCc2cccn3nccc23)cs1.Cl. The normalized spacial score (nSPS) is 12.2. The average molecular weight is 366 g/mol. The first-order valence-electron chi connectivity index (χ1n) is 7.46. The first-order chi connectivity index (χ1) is 11.1. The Kier molecular flexibility index (Phi) is 5.93. The first-order valence-corrected chi connectivity index (χ1v) is 8.34. The Hall–Kier alpha value is -1.96. The highest BCUT2D eigenvalue weighted by molar-refractivity contribution is 7.09. The van der Waals surface area contributed by atoms with Gasteiger partial charge in [0, 0.05) is 24.3 Å². The zero-order chi connectivity index (χ0) is 16.4. The molecule has 8 heteroatoms. The van der Waals surface area contributed by atoms with Crippen LogP contribution in [0.3, 0.4) is 0 Å². The van der Waals surface area contributed by atoms with Crippen LogP contribution in [0.2, 0.25) is 0 Å². The molecule has 1 atom stereocenters. The number of amides is 1. The summed E-state index contributed by atoms with van der Waals surface area (Å²) in [4.78, 5) is 16.6. The molecule has 0 saturated heterocycles. The lowest BCUT2D eigenvalue weighted by atomic mass is 10.1. The lowest BCUT2D eigenvalue weighted by Gasteiger charge is -2.11. The standard InChI is InChI=1S/C16H19N5OS.ClH/c1-10(2)14(17)16-20-12(9-23-16)15(22)18-8-11-4-3-7-21-13(11)5-6-19-21;/h3-7,9-10,14H,8,17H2,1-2H3,(H,18,22);1H/t14-;/m0./s1. The first kappa shape index (κ1) is 18.4. The second-order valence-electron chi connectivity index (χ2n) is 5.72. The minimum Gasteiger partial charge on any atom is -0.347 e. The number of carbonyl (C=O) groups excluding carboxylic acids is 1. The molecule has 0 saturated carbocycles. The van der Waals surface area contributed by atoms with Gasteiger partial charge in [-0.3, -0.25) is 4.79 Å². The van der Waals surface area contributed by atoms with Crippen LogP contribution in [0.25, 0.3) is 5.52 Å². The topological polar surface area (TPSA) is 85.3 Å². The zero-order valence-electron chi connectivity index (χ0n) is 13.5. The number of rotatable bonds is 5. The quantitative estimate of drug-likeness (QED) is 0.728. The van der Waals surface area contributed by atoms with Crippen molar-refractivity contribution >= 4 is 35.2 Å². The summed E-state index contributed by atoms with van der Waals surface area (Å²) in [6.45, 7) is 4.51. The molecule has 0 bridgehead atoms. The highest BCUT2D eigenvalue weighted by Gasteiger charge is 2.17. The van der Waals surface area contributed by atoms with Gasteiger partial charge in [-0.25, -0.2) is 9.50 Å². The van der Waals surface area contributed by atoms with E-state index >= 15 is 0 Å². The fourth-order valence-electron chi connectivity index (χ4n) is 2.26. The van der Waals surface area contributed by atoms with Crippen molar-refractivity contribution in [3.8, 4) is 0 Å². The molecule has 0 radical (unpaired) electrons. The van der Waals surface area contributed by atoms with Crippen LogP contribution in [0.15, 0.2) is 36.0 Å². The number of nitrogens with two attached hydrogens (primary N) is 1. The molecular formula is C16H20ClN5OS. The molecule has 3 aromatic heterocycles. The van der Waals surface area contributed by atoms with Crippen LogP contribution in [0.4, 0.5) is 0 Å². The molecule has 0 spiro atoms. The van der Waals surface area contributed by atoms with Gasteiger partial charge in [0.2, 0.25) is 0 Å². The van der Waals surface area contributed by atoms with Gasteiger partial charge in [0.1, 0.15) is 10.7 Å². The van der Waals surface area contributed by atoms with Gasteiger partial charge < -0.3 is 11.1 Å². The maximum absolute atomic E-state index is 12.3. The van der Waals surface area contributed by atoms with Crippen LogP contribution >= 0.6 is 23.7 Å². The second kappa shape index (κ2) is 7.74. The molecule has 0 aliphatic heterocycles. The van der Waals surface area contributed by atoms with Crippen LogP contribution in [0, 0.1) is 5.92 Å².